The van der Waals surface area contributed by atoms with Crippen molar-refractivity contribution in [2.24, 2.45) is 4.99 Å². The van der Waals surface area contributed by atoms with Gasteiger partial charge in [-0.1, -0.05) is 36.0 Å². The Morgan fingerprint density at radius 1 is 1.09 bits per heavy atom. The molecule has 1 amide bonds. The molecule has 45 heavy (non-hydrogen) atoms. The second-order valence-electron chi connectivity index (χ2n) is 10.2. The molecule has 1 aliphatic heterocycles. The lowest BCUT2D eigenvalue weighted by Gasteiger charge is -2.23. The van der Waals surface area contributed by atoms with Crippen LogP contribution < -0.4 is 15.0 Å². The average Bonchev–Trinajstić information content (AvgIpc) is 3.62. The Labute approximate surface area is 261 Å². The van der Waals surface area contributed by atoms with Crippen molar-refractivity contribution in [2.45, 2.75) is 45.5 Å². The lowest BCUT2D eigenvalue weighted by atomic mass is 10.0. The van der Waals surface area contributed by atoms with Crippen LogP contribution in [0.3, 0.4) is 0 Å². The molecule has 1 aliphatic rings. The van der Waals surface area contributed by atoms with Crippen LogP contribution in [-0.4, -0.2) is 56.5 Å². The van der Waals surface area contributed by atoms with E-state index in [9.17, 15) is 23.1 Å². The van der Waals surface area contributed by atoms with Crippen LogP contribution in [0.15, 0.2) is 78.0 Å². The minimum Gasteiger partial charge on any atom is -0.406 e. The van der Waals surface area contributed by atoms with Gasteiger partial charge in [0, 0.05) is 24.8 Å². The van der Waals surface area contributed by atoms with E-state index in [4.69, 9.17) is 4.74 Å². The van der Waals surface area contributed by atoms with Gasteiger partial charge in [-0.05, 0) is 73.9 Å². The molecule has 2 N–H and O–H groups in total. The van der Waals surface area contributed by atoms with Crippen LogP contribution in [0.2, 0.25) is 0 Å². The molecular weight excluding hydrogens is 609 g/mol. The van der Waals surface area contributed by atoms with Crippen molar-refractivity contribution in [1.29, 1.82) is 0 Å². The Kier molecular flexibility index (Phi) is 9.75. The van der Waals surface area contributed by atoms with Crippen molar-refractivity contribution in [3.05, 3.63) is 95.6 Å². The zero-order valence-electron chi connectivity index (χ0n) is 24.7. The molecule has 0 aliphatic carbocycles. The molecule has 236 valence electrons. The van der Waals surface area contributed by atoms with Gasteiger partial charge >= 0.3 is 6.36 Å². The minimum atomic E-state index is -4.75. The highest BCUT2D eigenvalue weighted by Crippen LogP contribution is 2.35. The van der Waals surface area contributed by atoms with Gasteiger partial charge in [-0.2, -0.15) is 5.10 Å². The lowest BCUT2D eigenvalue weighted by Crippen LogP contribution is -2.32. The summed E-state index contributed by atoms with van der Waals surface area (Å²) in [7, 11) is 1.61. The number of methoxy groups -OCH3 is 1. The largest absolute Gasteiger partial charge is 0.573 e. The number of aliphatic hydroxyl groups excluding tert-OH is 1. The number of carbonyl (C=O) groups excluding carboxylic acids is 1. The van der Waals surface area contributed by atoms with E-state index >= 15 is 0 Å². The molecule has 0 bridgehead atoms. The normalized spacial score (nSPS) is 15.8. The molecule has 14 heteroatoms. The molecule has 0 spiro atoms. The van der Waals surface area contributed by atoms with Gasteiger partial charge in [-0.15, -0.1) is 13.2 Å². The third-order valence-electron chi connectivity index (χ3n) is 6.98. The van der Waals surface area contributed by atoms with Gasteiger partial charge in [0.05, 0.1) is 23.2 Å². The van der Waals surface area contributed by atoms with Crippen LogP contribution in [0.25, 0.3) is 5.69 Å². The molecular formula is C31H31F3N6O4S. The summed E-state index contributed by atoms with van der Waals surface area (Å²) in [6.07, 6.45) is -3.61. The Morgan fingerprint density at radius 2 is 1.82 bits per heavy atom. The predicted molar refractivity (Wildman–Crippen MR) is 166 cm³/mol. The number of thioether (sulfide) groups is 1. The van der Waals surface area contributed by atoms with Gasteiger partial charge in [0.25, 0.3) is 0 Å². The number of aryl methyl sites for hydroxylation is 3. The molecule has 2 atom stereocenters. The van der Waals surface area contributed by atoms with Crippen molar-refractivity contribution in [3.63, 3.8) is 0 Å². The number of hydrogen-bond acceptors (Lipinski definition) is 9. The second-order valence-corrected chi connectivity index (χ2v) is 11.2. The Morgan fingerprint density at radius 3 is 2.51 bits per heavy atom. The second kappa shape index (κ2) is 13.7. The molecule has 0 radical (unpaired) electrons. The summed E-state index contributed by atoms with van der Waals surface area (Å²) < 4.78 is 48.1. The van der Waals surface area contributed by atoms with Gasteiger partial charge in [0.1, 0.15) is 12.1 Å². The van der Waals surface area contributed by atoms with Gasteiger partial charge in [0.2, 0.25) is 12.3 Å². The van der Waals surface area contributed by atoms with Crippen molar-refractivity contribution in [2.75, 3.05) is 23.1 Å². The van der Waals surface area contributed by atoms with Gasteiger partial charge in [0.15, 0.2) is 11.0 Å². The number of rotatable bonds is 11. The van der Waals surface area contributed by atoms with E-state index in [-0.39, 0.29) is 23.5 Å². The van der Waals surface area contributed by atoms with Crippen molar-refractivity contribution in [1.82, 2.24) is 14.8 Å². The van der Waals surface area contributed by atoms with E-state index in [1.165, 1.54) is 51.9 Å². The van der Waals surface area contributed by atoms with Crippen LogP contribution in [0.1, 0.15) is 35.5 Å². The van der Waals surface area contributed by atoms with Gasteiger partial charge in [-0.3, -0.25) is 9.69 Å². The number of carbonyl (C=O) groups is 1. The summed E-state index contributed by atoms with van der Waals surface area (Å²) in [5, 5.41) is 18.5. The number of anilines is 2. The molecule has 1 aromatic heterocycles. The SMILES string of the molecule is COC(C)c1ccc(C)cc1N1C(=O)CS/C1=N\C(O)Nc1ccc(CCc2ncn(-c3ccc(OC(F)(F)F)cc3)n2)cc1. The molecule has 1 fully saturated rings. The fraction of sp³-hybridized carbons (Fsp3) is 0.290. The number of benzene rings is 3. The zero-order valence-corrected chi connectivity index (χ0v) is 25.5. The van der Waals surface area contributed by atoms with Crippen molar-refractivity contribution in [3.8, 4) is 11.4 Å². The monoisotopic (exact) mass is 640 g/mol. The maximum Gasteiger partial charge on any atom is 0.573 e. The smallest absolute Gasteiger partial charge is 0.406 e. The maximum atomic E-state index is 12.9. The van der Waals surface area contributed by atoms with Crippen LogP contribution in [-0.2, 0) is 22.4 Å². The fourth-order valence-electron chi connectivity index (χ4n) is 4.66. The first kappa shape index (κ1) is 32.0. The highest BCUT2D eigenvalue weighted by molar-refractivity contribution is 8.15. The number of amides is 1. The molecule has 5 rings (SSSR count). The summed E-state index contributed by atoms with van der Waals surface area (Å²) in [5.41, 5.74) is 4.71. The number of hydrogen-bond donors (Lipinski definition) is 2. The summed E-state index contributed by atoms with van der Waals surface area (Å²) in [4.78, 5) is 23.1. The van der Waals surface area contributed by atoms with E-state index in [1.54, 1.807) is 7.11 Å². The molecule has 0 saturated carbocycles. The van der Waals surface area contributed by atoms with E-state index in [1.807, 2.05) is 56.3 Å². The van der Waals surface area contributed by atoms with Gasteiger partial charge in [-0.25, -0.2) is 14.7 Å². The van der Waals surface area contributed by atoms with E-state index in [0.29, 0.717) is 40.9 Å². The molecule has 4 aromatic rings. The maximum absolute atomic E-state index is 12.9. The molecule has 2 heterocycles. The number of halogens is 3. The molecule has 1 saturated heterocycles. The number of aliphatic imine (C=N–C) groups is 1. The molecule has 2 unspecified atom stereocenters. The Balaban J connectivity index is 1.18. The number of alkyl halides is 3. The highest BCUT2D eigenvalue weighted by Gasteiger charge is 2.33. The third kappa shape index (κ3) is 8.21. The van der Waals surface area contributed by atoms with E-state index in [0.717, 1.165) is 16.7 Å². The first-order chi connectivity index (χ1) is 21.5. The predicted octanol–water partition coefficient (Wildman–Crippen LogP) is 5.79. The Bertz CT molecular complexity index is 1660. The van der Waals surface area contributed by atoms with Crippen LogP contribution in [0.4, 0.5) is 24.5 Å². The van der Waals surface area contributed by atoms with Crippen molar-refractivity contribution < 1.29 is 32.5 Å². The fourth-order valence-corrected chi connectivity index (χ4v) is 5.54. The first-order valence-corrected chi connectivity index (χ1v) is 14.9. The molecule has 3 aromatic carbocycles. The zero-order chi connectivity index (χ0) is 32.1. The summed E-state index contributed by atoms with van der Waals surface area (Å²) in [5.74, 6) is 0.347. The number of aliphatic hydroxyl groups is 1. The van der Waals surface area contributed by atoms with Crippen LogP contribution in [0, 0.1) is 6.92 Å². The number of nitrogens with zero attached hydrogens (tertiary/aromatic N) is 5. The van der Waals surface area contributed by atoms with Crippen molar-refractivity contribution >= 4 is 34.2 Å². The number of aromatic nitrogens is 3. The summed E-state index contributed by atoms with van der Waals surface area (Å²) in [6.45, 7) is 3.85. The lowest BCUT2D eigenvalue weighted by molar-refractivity contribution is -0.274. The minimum absolute atomic E-state index is 0.127. The summed E-state index contributed by atoms with van der Waals surface area (Å²) in [6, 6.07) is 18.6. The summed E-state index contributed by atoms with van der Waals surface area (Å²) >= 11 is 1.26. The van der Waals surface area contributed by atoms with Gasteiger partial charge < -0.3 is 19.9 Å². The Hall–Kier alpha value is -4.40. The first-order valence-electron chi connectivity index (χ1n) is 14.0. The van der Waals surface area contributed by atoms with E-state index in [2.05, 4.69) is 25.1 Å². The highest BCUT2D eigenvalue weighted by atomic mass is 32.2. The average molecular weight is 641 g/mol. The number of nitrogens with one attached hydrogen (secondary N) is 1. The topological polar surface area (TPSA) is 114 Å². The standard InChI is InChI=1S/C31H31F3N6O4S/c1-19-4-14-25(20(2)43-3)26(16-19)40-28(41)17-45-30(40)37-29(42)36-22-8-5-21(6-9-22)7-15-27-35-18-39(38-27)23-10-12-24(13-11-23)44-31(32,33)34/h4-6,8-14,16,18,20,29,36,42H,7,15,17H2,1-3H3/b37-30-. The van der Waals surface area contributed by atoms with Crippen LogP contribution in [0.5, 0.6) is 5.75 Å². The van der Waals surface area contributed by atoms with E-state index < -0.39 is 12.7 Å². The number of amidine groups is 1. The quantitative estimate of drug-likeness (QED) is 0.198. The molecule has 10 nitrogen and oxygen atoms in total. The number of ether oxygens (including phenoxy) is 2. The third-order valence-corrected chi connectivity index (χ3v) is 7.92. The van der Waals surface area contributed by atoms with Crippen LogP contribution >= 0.6 is 11.8 Å².